The highest BCUT2D eigenvalue weighted by Gasteiger charge is 2.26. The lowest BCUT2D eigenvalue weighted by molar-refractivity contribution is -0.660. The summed E-state index contributed by atoms with van der Waals surface area (Å²) in [5.74, 6) is 1.79. The predicted octanol–water partition coefficient (Wildman–Crippen LogP) is 2.90. The van der Waals surface area contributed by atoms with E-state index in [0.717, 1.165) is 17.3 Å². The number of rotatable bonds is 1. The van der Waals surface area contributed by atoms with E-state index < -0.39 is 0 Å². The van der Waals surface area contributed by atoms with E-state index in [1.165, 1.54) is 5.56 Å². The molecule has 0 amide bonds. The van der Waals surface area contributed by atoms with Crippen LogP contribution in [0.5, 0.6) is 0 Å². The first kappa shape index (κ1) is 15.7. The number of aromatic nitrogens is 4. The predicted molar refractivity (Wildman–Crippen MR) is 85.0 cm³/mol. The Kier molecular flexibility index (Phi) is 3.68. The molecule has 0 aromatic carbocycles. The zero-order valence-corrected chi connectivity index (χ0v) is 14.5. The van der Waals surface area contributed by atoms with E-state index in [0.29, 0.717) is 0 Å². The summed E-state index contributed by atoms with van der Waals surface area (Å²) in [4.78, 5) is 4.77. The van der Waals surface area contributed by atoms with Crippen LogP contribution in [-0.2, 0) is 24.9 Å². The lowest BCUT2D eigenvalue weighted by atomic mass is 9.87. The molecule has 0 atom stereocenters. The number of hydrogen-bond donors (Lipinski definition) is 0. The molecule has 0 radical (unpaired) electrons. The molecule has 0 aliphatic heterocycles. The average molecular weight is 287 g/mol. The van der Waals surface area contributed by atoms with Crippen molar-refractivity contribution in [3.8, 4) is 11.5 Å². The van der Waals surface area contributed by atoms with Crippen LogP contribution in [0.2, 0.25) is 0 Å². The Hall–Kier alpha value is -1.71. The number of aryl methyl sites for hydroxylation is 2. The summed E-state index contributed by atoms with van der Waals surface area (Å²) in [6, 6.07) is 4.39. The van der Waals surface area contributed by atoms with Crippen molar-refractivity contribution in [2.45, 2.75) is 52.4 Å². The van der Waals surface area contributed by atoms with Crippen molar-refractivity contribution in [1.29, 1.82) is 0 Å². The highest BCUT2D eigenvalue weighted by Crippen LogP contribution is 2.26. The summed E-state index contributed by atoms with van der Waals surface area (Å²) in [5, 5.41) is 4.58. The molecule has 0 fully saturated rings. The summed E-state index contributed by atoms with van der Waals surface area (Å²) < 4.78 is 3.98. The average Bonchev–Trinajstić information content (AvgIpc) is 2.70. The highest BCUT2D eigenvalue weighted by molar-refractivity contribution is 5.48. The van der Waals surface area contributed by atoms with Gasteiger partial charge in [-0.3, -0.25) is 0 Å². The van der Waals surface area contributed by atoms with Crippen molar-refractivity contribution in [3.05, 3.63) is 29.7 Å². The van der Waals surface area contributed by atoms with Crippen LogP contribution in [0.25, 0.3) is 11.5 Å². The van der Waals surface area contributed by atoms with E-state index in [-0.39, 0.29) is 10.8 Å². The largest absolute Gasteiger partial charge is 0.250 e. The Labute approximate surface area is 127 Å². The van der Waals surface area contributed by atoms with Gasteiger partial charge < -0.3 is 0 Å². The van der Waals surface area contributed by atoms with Gasteiger partial charge >= 0.3 is 0 Å². The van der Waals surface area contributed by atoms with Gasteiger partial charge in [0.05, 0.1) is 0 Å². The third-order valence-electron chi connectivity index (χ3n) is 3.68. The molecule has 0 saturated carbocycles. The molecule has 4 heteroatoms. The van der Waals surface area contributed by atoms with E-state index >= 15 is 0 Å². The zero-order valence-electron chi connectivity index (χ0n) is 14.5. The molecule has 0 aliphatic rings. The molecule has 2 heterocycles. The van der Waals surface area contributed by atoms with Gasteiger partial charge in [-0.05, 0) is 11.0 Å². The number of pyridine rings is 1. The third-order valence-corrected chi connectivity index (χ3v) is 3.68. The van der Waals surface area contributed by atoms with Gasteiger partial charge in [-0.1, -0.05) is 41.5 Å². The Morgan fingerprint density at radius 1 is 1.05 bits per heavy atom. The van der Waals surface area contributed by atoms with E-state index in [9.17, 15) is 0 Å². The fourth-order valence-corrected chi connectivity index (χ4v) is 2.18. The second-order valence-electron chi connectivity index (χ2n) is 7.79. The normalized spacial score (nSPS) is 12.8. The fourth-order valence-electron chi connectivity index (χ4n) is 2.18. The van der Waals surface area contributed by atoms with Gasteiger partial charge in [-0.25, -0.2) is 9.67 Å². The molecule has 0 spiro atoms. The van der Waals surface area contributed by atoms with Crippen LogP contribution in [0.15, 0.2) is 18.3 Å². The van der Waals surface area contributed by atoms with Crippen LogP contribution in [0.1, 0.15) is 52.9 Å². The van der Waals surface area contributed by atoms with Crippen molar-refractivity contribution in [2.24, 2.45) is 14.1 Å². The van der Waals surface area contributed by atoms with Gasteiger partial charge in [0, 0.05) is 24.6 Å². The monoisotopic (exact) mass is 287 g/mol. The quantitative estimate of drug-likeness (QED) is 0.756. The van der Waals surface area contributed by atoms with Gasteiger partial charge in [0.25, 0.3) is 0 Å². The summed E-state index contributed by atoms with van der Waals surface area (Å²) in [6.07, 6.45) is 2.10. The first-order valence-corrected chi connectivity index (χ1v) is 7.42. The molecule has 0 unspecified atom stereocenters. The molecule has 0 aliphatic carbocycles. The van der Waals surface area contributed by atoms with E-state index in [2.05, 4.69) is 69.5 Å². The first-order chi connectivity index (χ1) is 9.50. The molecule has 0 N–H and O–H groups in total. The van der Waals surface area contributed by atoms with Gasteiger partial charge in [0.1, 0.15) is 7.05 Å². The molecular formula is C17H27N4+. The van der Waals surface area contributed by atoms with E-state index in [4.69, 9.17) is 4.98 Å². The standard InChI is InChI=1S/C17H27N4/c1-16(2,3)12-9-10-20(7)13(11-12)14-18-15(17(4,5)6)19-21(14)8/h9-11H,1-8H3/q+1. The molecule has 2 aromatic heterocycles. The van der Waals surface area contributed by atoms with Crippen molar-refractivity contribution >= 4 is 0 Å². The first-order valence-electron chi connectivity index (χ1n) is 7.42. The molecule has 21 heavy (non-hydrogen) atoms. The highest BCUT2D eigenvalue weighted by atomic mass is 15.3. The Morgan fingerprint density at radius 3 is 2.14 bits per heavy atom. The molecule has 2 aromatic rings. The van der Waals surface area contributed by atoms with Crippen LogP contribution in [0, 0.1) is 0 Å². The van der Waals surface area contributed by atoms with Gasteiger partial charge in [-0.15, -0.1) is 0 Å². The van der Waals surface area contributed by atoms with Crippen molar-refractivity contribution in [3.63, 3.8) is 0 Å². The van der Waals surface area contributed by atoms with Crippen LogP contribution < -0.4 is 4.57 Å². The Bertz CT molecular complexity index is 654. The third kappa shape index (κ3) is 3.14. The Morgan fingerprint density at radius 2 is 1.67 bits per heavy atom. The molecule has 4 nitrogen and oxygen atoms in total. The minimum atomic E-state index is -0.0454. The van der Waals surface area contributed by atoms with Crippen molar-refractivity contribution in [1.82, 2.24) is 14.8 Å². The summed E-state index contributed by atoms with van der Waals surface area (Å²) in [6.45, 7) is 13.1. The van der Waals surface area contributed by atoms with Crippen LogP contribution in [-0.4, -0.2) is 14.8 Å². The minimum Gasteiger partial charge on any atom is -0.244 e. The Balaban J connectivity index is 2.59. The second-order valence-corrected chi connectivity index (χ2v) is 7.79. The van der Waals surface area contributed by atoms with Crippen LogP contribution >= 0.6 is 0 Å². The summed E-state index contributed by atoms with van der Waals surface area (Å²) in [5.41, 5.74) is 2.47. The topological polar surface area (TPSA) is 34.6 Å². The lowest BCUT2D eigenvalue weighted by Crippen LogP contribution is -2.32. The summed E-state index contributed by atoms with van der Waals surface area (Å²) >= 11 is 0. The van der Waals surface area contributed by atoms with Crippen LogP contribution in [0.3, 0.4) is 0 Å². The summed E-state index contributed by atoms with van der Waals surface area (Å²) in [7, 11) is 4.01. The maximum Gasteiger partial charge on any atom is 0.250 e. The smallest absolute Gasteiger partial charge is 0.244 e. The zero-order chi connectivity index (χ0) is 16.0. The lowest BCUT2D eigenvalue weighted by Gasteiger charge is -2.18. The molecule has 114 valence electrons. The van der Waals surface area contributed by atoms with Crippen molar-refractivity contribution in [2.75, 3.05) is 0 Å². The molecule has 2 rings (SSSR count). The van der Waals surface area contributed by atoms with E-state index in [1.807, 2.05) is 18.8 Å². The SMILES string of the molecule is Cn1nc(C(C)(C)C)nc1-c1cc(C(C)(C)C)cc[n+]1C. The maximum absolute atomic E-state index is 4.77. The molecular weight excluding hydrogens is 260 g/mol. The molecule has 0 bridgehead atoms. The van der Waals surface area contributed by atoms with Crippen molar-refractivity contribution < 1.29 is 4.57 Å². The number of hydrogen-bond acceptors (Lipinski definition) is 2. The second kappa shape index (κ2) is 4.93. The van der Waals surface area contributed by atoms with Gasteiger partial charge in [0.2, 0.25) is 11.5 Å². The van der Waals surface area contributed by atoms with E-state index in [1.54, 1.807) is 0 Å². The van der Waals surface area contributed by atoms with Crippen LogP contribution in [0.4, 0.5) is 0 Å². The minimum absolute atomic E-state index is 0.0454. The van der Waals surface area contributed by atoms with Gasteiger partial charge in [-0.2, -0.15) is 9.67 Å². The maximum atomic E-state index is 4.77. The fraction of sp³-hybridized carbons (Fsp3) is 0.588. The number of nitrogens with zero attached hydrogens (tertiary/aromatic N) is 4. The molecule has 0 saturated heterocycles. The van der Waals surface area contributed by atoms with Gasteiger partial charge in [0.15, 0.2) is 12.0 Å².